The second-order valence-electron chi connectivity index (χ2n) is 3.52. The predicted octanol–water partition coefficient (Wildman–Crippen LogP) is 3.01. The Morgan fingerprint density at radius 1 is 1.50 bits per heavy atom. The van der Waals surface area contributed by atoms with E-state index in [2.05, 4.69) is 29.0 Å². The lowest BCUT2D eigenvalue weighted by Gasteiger charge is -2.21. The number of nitrogens with zero attached hydrogens (tertiary/aromatic N) is 1. The molecule has 78 valence electrons. The maximum absolute atomic E-state index is 4.38. The smallest absolute Gasteiger partial charge is 0.183 e. The van der Waals surface area contributed by atoms with Crippen molar-refractivity contribution in [2.24, 2.45) is 0 Å². The van der Waals surface area contributed by atoms with Crippen LogP contribution in [0, 0.1) is 0 Å². The van der Waals surface area contributed by atoms with Crippen molar-refractivity contribution in [2.75, 3.05) is 16.8 Å². The van der Waals surface area contributed by atoms with E-state index in [1.807, 2.05) is 6.20 Å². The Morgan fingerprint density at radius 2 is 2.29 bits per heavy atom. The highest BCUT2D eigenvalue weighted by molar-refractivity contribution is 7.99. The van der Waals surface area contributed by atoms with Crippen molar-refractivity contribution in [1.82, 2.24) is 4.98 Å². The number of aryl methyl sites for hydroxylation is 1. The molecule has 2 rings (SSSR count). The van der Waals surface area contributed by atoms with Crippen molar-refractivity contribution in [3.05, 3.63) is 11.1 Å². The fourth-order valence-electron chi connectivity index (χ4n) is 1.55. The molecule has 0 amide bonds. The molecule has 1 aromatic heterocycles. The van der Waals surface area contributed by atoms with Gasteiger partial charge >= 0.3 is 0 Å². The second-order valence-corrected chi connectivity index (χ2v) is 5.86. The van der Waals surface area contributed by atoms with Crippen LogP contribution in [0.5, 0.6) is 0 Å². The number of thiazole rings is 1. The summed E-state index contributed by atoms with van der Waals surface area (Å²) < 4.78 is 0. The van der Waals surface area contributed by atoms with Crippen LogP contribution < -0.4 is 5.32 Å². The predicted molar refractivity (Wildman–Crippen MR) is 65.5 cm³/mol. The summed E-state index contributed by atoms with van der Waals surface area (Å²) in [6.07, 6.45) is 5.65. The minimum atomic E-state index is 0.659. The molecular weight excluding hydrogens is 212 g/mol. The van der Waals surface area contributed by atoms with E-state index in [0.717, 1.165) is 11.6 Å². The van der Waals surface area contributed by atoms with Crippen LogP contribution in [-0.2, 0) is 6.42 Å². The van der Waals surface area contributed by atoms with Gasteiger partial charge in [-0.25, -0.2) is 4.98 Å². The Bertz CT molecular complexity index is 279. The number of hydrogen-bond donors (Lipinski definition) is 1. The first-order valence-electron chi connectivity index (χ1n) is 5.17. The zero-order valence-corrected chi connectivity index (χ0v) is 10.1. The summed E-state index contributed by atoms with van der Waals surface area (Å²) in [5.74, 6) is 2.59. The molecule has 0 atom stereocenters. The van der Waals surface area contributed by atoms with Crippen molar-refractivity contribution in [1.29, 1.82) is 0 Å². The van der Waals surface area contributed by atoms with Crippen molar-refractivity contribution in [3.63, 3.8) is 0 Å². The summed E-state index contributed by atoms with van der Waals surface area (Å²) in [7, 11) is 0. The molecule has 4 heteroatoms. The van der Waals surface area contributed by atoms with Gasteiger partial charge in [0.05, 0.1) is 0 Å². The third kappa shape index (κ3) is 2.64. The average molecular weight is 228 g/mol. The lowest BCUT2D eigenvalue weighted by Crippen LogP contribution is -2.24. The van der Waals surface area contributed by atoms with Gasteiger partial charge in [0.15, 0.2) is 5.13 Å². The number of rotatable bonds is 3. The van der Waals surface area contributed by atoms with E-state index in [0.29, 0.717) is 6.04 Å². The molecular formula is C10H16N2S2. The van der Waals surface area contributed by atoms with Crippen LogP contribution in [0.3, 0.4) is 0 Å². The van der Waals surface area contributed by atoms with Crippen molar-refractivity contribution in [2.45, 2.75) is 32.2 Å². The monoisotopic (exact) mass is 228 g/mol. The lowest BCUT2D eigenvalue weighted by atomic mass is 10.2. The number of hydrogen-bond acceptors (Lipinski definition) is 4. The molecule has 0 spiro atoms. The van der Waals surface area contributed by atoms with Crippen molar-refractivity contribution < 1.29 is 0 Å². The Balaban J connectivity index is 1.89. The molecule has 0 aromatic carbocycles. The van der Waals surface area contributed by atoms with Crippen LogP contribution in [0.25, 0.3) is 0 Å². The number of thioether (sulfide) groups is 1. The zero-order valence-electron chi connectivity index (χ0n) is 8.45. The second kappa shape index (κ2) is 5.03. The molecule has 1 aromatic rings. The zero-order chi connectivity index (χ0) is 9.80. The summed E-state index contributed by atoms with van der Waals surface area (Å²) in [5.41, 5.74) is 0. The fourth-order valence-corrected chi connectivity index (χ4v) is 3.49. The van der Waals surface area contributed by atoms with Crippen molar-refractivity contribution in [3.8, 4) is 0 Å². The number of nitrogens with one attached hydrogen (secondary N) is 1. The molecule has 0 saturated carbocycles. The first-order valence-corrected chi connectivity index (χ1v) is 7.14. The van der Waals surface area contributed by atoms with Crippen LogP contribution >= 0.6 is 23.1 Å². The fraction of sp³-hybridized carbons (Fsp3) is 0.700. The van der Waals surface area contributed by atoms with Crippen LogP contribution in [-0.4, -0.2) is 22.5 Å². The van der Waals surface area contributed by atoms with E-state index >= 15 is 0 Å². The minimum Gasteiger partial charge on any atom is -0.359 e. The Morgan fingerprint density at radius 3 is 2.93 bits per heavy atom. The normalized spacial score (nSPS) is 18.4. The molecule has 1 aliphatic rings. The highest BCUT2D eigenvalue weighted by atomic mass is 32.2. The number of anilines is 1. The van der Waals surface area contributed by atoms with E-state index in [1.54, 1.807) is 11.3 Å². The summed E-state index contributed by atoms with van der Waals surface area (Å²) in [5, 5.41) is 4.64. The molecule has 14 heavy (non-hydrogen) atoms. The molecule has 0 bridgehead atoms. The highest BCUT2D eigenvalue weighted by Crippen LogP contribution is 2.24. The third-order valence-corrected chi connectivity index (χ3v) is 4.57. The first kappa shape index (κ1) is 10.3. The Kier molecular flexibility index (Phi) is 3.70. The summed E-state index contributed by atoms with van der Waals surface area (Å²) in [4.78, 5) is 5.75. The van der Waals surface area contributed by atoms with E-state index in [-0.39, 0.29) is 0 Å². The van der Waals surface area contributed by atoms with E-state index in [9.17, 15) is 0 Å². The largest absolute Gasteiger partial charge is 0.359 e. The molecule has 2 heterocycles. The highest BCUT2D eigenvalue weighted by Gasteiger charge is 2.14. The van der Waals surface area contributed by atoms with Gasteiger partial charge in [0, 0.05) is 17.1 Å². The van der Waals surface area contributed by atoms with E-state index in [1.165, 1.54) is 29.2 Å². The van der Waals surface area contributed by atoms with Crippen LogP contribution in [0.1, 0.15) is 24.6 Å². The molecule has 1 fully saturated rings. The number of aromatic nitrogens is 1. The lowest BCUT2D eigenvalue weighted by molar-refractivity contribution is 0.666. The van der Waals surface area contributed by atoms with Gasteiger partial charge in [-0.15, -0.1) is 11.3 Å². The van der Waals surface area contributed by atoms with Gasteiger partial charge in [0.1, 0.15) is 0 Å². The quantitative estimate of drug-likeness (QED) is 0.861. The third-order valence-electron chi connectivity index (χ3n) is 2.45. The molecule has 0 radical (unpaired) electrons. The minimum absolute atomic E-state index is 0.659. The van der Waals surface area contributed by atoms with Gasteiger partial charge < -0.3 is 5.32 Å². The Hall–Kier alpha value is -0.220. The van der Waals surface area contributed by atoms with Crippen molar-refractivity contribution >= 4 is 28.2 Å². The molecule has 1 N–H and O–H groups in total. The van der Waals surface area contributed by atoms with Gasteiger partial charge in [0.2, 0.25) is 0 Å². The van der Waals surface area contributed by atoms with Gasteiger partial charge in [-0.3, -0.25) is 0 Å². The van der Waals surface area contributed by atoms with Gasteiger partial charge in [-0.05, 0) is 30.8 Å². The molecule has 1 aliphatic heterocycles. The molecule has 2 nitrogen and oxygen atoms in total. The molecule has 0 aliphatic carbocycles. The topological polar surface area (TPSA) is 24.9 Å². The summed E-state index contributed by atoms with van der Waals surface area (Å²) >= 11 is 3.86. The average Bonchev–Trinajstić information content (AvgIpc) is 2.67. The van der Waals surface area contributed by atoms with E-state index < -0.39 is 0 Å². The van der Waals surface area contributed by atoms with Gasteiger partial charge in [-0.1, -0.05) is 6.92 Å². The Labute approximate surface area is 93.5 Å². The standard InChI is InChI=1S/C10H16N2S2/c1-2-9-7-11-10(14-9)12-8-3-5-13-6-4-8/h7-8H,2-6H2,1H3,(H,11,12). The van der Waals surface area contributed by atoms with Crippen LogP contribution in [0.15, 0.2) is 6.20 Å². The van der Waals surface area contributed by atoms with Crippen LogP contribution in [0.4, 0.5) is 5.13 Å². The maximum Gasteiger partial charge on any atom is 0.183 e. The van der Waals surface area contributed by atoms with Gasteiger partial charge in [-0.2, -0.15) is 11.8 Å². The SMILES string of the molecule is CCc1cnc(NC2CCSCC2)s1. The molecule has 1 saturated heterocycles. The summed E-state index contributed by atoms with van der Waals surface area (Å²) in [6.45, 7) is 2.18. The van der Waals surface area contributed by atoms with E-state index in [4.69, 9.17) is 0 Å². The summed E-state index contributed by atoms with van der Waals surface area (Å²) in [6, 6.07) is 0.659. The van der Waals surface area contributed by atoms with Crippen LogP contribution in [0.2, 0.25) is 0 Å². The first-order chi connectivity index (χ1) is 6.88. The van der Waals surface area contributed by atoms with Gasteiger partial charge in [0.25, 0.3) is 0 Å². The maximum atomic E-state index is 4.38. The molecule has 0 unspecified atom stereocenters.